The second-order valence-electron chi connectivity index (χ2n) is 5.26. The van der Waals surface area contributed by atoms with E-state index in [0.29, 0.717) is 22.5 Å². The topological polar surface area (TPSA) is 38.7 Å². The number of ether oxygens (including phenoxy) is 1. The second kappa shape index (κ2) is 5.80. The molecule has 0 bridgehead atoms. The van der Waals surface area contributed by atoms with Crippen LogP contribution < -0.4 is 0 Å². The summed E-state index contributed by atoms with van der Waals surface area (Å²) in [5, 5.41) is 0.674. The molecule has 3 nitrogen and oxygen atoms in total. The van der Waals surface area contributed by atoms with Crippen molar-refractivity contribution in [3.63, 3.8) is 0 Å². The lowest BCUT2D eigenvalue weighted by Gasteiger charge is -2.19. The van der Waals surface area contributed by atoms with E-state index in [9.17, 15) is 4.79 Å². The normalized spacial score (nSPS) is 21.9. The van der Waals surface area contributed by atoms with E-state index in [1.807, 2.05) is 12.1 Å². The fraction of sp³-hybridized carbons (Fsp3) is 0.375. The number of hydrogen-bond acceptors (Lipinski definition) is 3. The Labute approximate surface area is 123 Å². The lowest BCUT2D eigenvalue weighted by atomic mass is 9.89. The summed E-state index contributed by atoms with van der Waals surface area (Å²) in [6, 6.07) is 7.30. The minimum absolute atomic E-state index is 0.309. The van der Waals surface area contributed by atoms with Gasteiger partial charge in [-0.3, -0.25) is 0 Å². The third kappa shape index (κ3) is 2.93. The SMILES string of the molecule is O=C1OC(C2CCCCC2)=N/C1=C/c1ccc(Cl)cc1. The van der Waals surface area contributed by atoms with Crippen molar-refractivity contribution in [2.45, 2.75) is 32.1 Å². The molecule has 0 spiro atoms. The van der Waals surface area contributed by atoms with Gasteiger partial charge in [-0.1, -0.05) is 43.0 Å². The van der Waals surface area contributed by atoms with Gasteiger partial charge in [0.05, 0.1) is 0 Å². The molecular weight excluding hydrogens is 274 g/mol. The van der Waals surface area contributed by atoms with Gasteiger partial charge in [0, 0.05) is 10.9 Å². The minimum atomic E-state index is -0.347. The third-order valence-corrected chi connectivity index (χ3v) is 4.02. The summed E-state index contributed by atoms with van der Waals surface area (Å²) >= 11 is 5.84. The van der Waals surface area contributed by atoms with E-state index < -0.39 is 0 Å². The first-order valence-electron chi connectivity index (χ1n) is 7.00. The molecule has 1 aliphatic carbocycles. The van der Waals surface area contributed by atoms with Gasteiger partial charge in [0.2, 0.25) is 5.90 Å². The molecule has 0 aromatic heterocycles. The molecule has 0 amide bonds. The monoisotopic (exact) mass is 289 g/mol. The Balaban J connectivity index is 1.80. The zero-order chi connectivity index (χ0) is 13.9. The molecule has 1 aromatic rings. The van der Waals surface area contributed by atoms with Gasteiger partial charge in [-0.25, -0.2) is 9.79 Å². The molecule has 1 aliphatic heterocycles. The number of carbonyl (C=O) groups excluding carboxylic acids is 1. The fourth-order valence-corrected chi connectivity index (χ4v) is 2.79. The second-order valence-corrected chi connectivity index (χ2v) is 5.69. The van der Waals surface area contributed by atoms with E-state index in [4.69, 9.17) is 16.3 Å². The number of nitrogens with zero attached hydrogens (tertiary/aromatic N) is 1. The summed E-state index contributed by atoms with van der Waals surface area (Å²) < 4.78 is 5.33. The van der Waals surface area contributed by atoms with Crippen LogP contribution in [-0.4, -0.2) is 11.9 Å². The van der Waals surface area contributed by atoms with E-state index in [1.165, 1.54) is 19.3 Å². The summed E-state index contributed by atoms with van der Waals surface area (Å²) in [5.41, 5.74) is 1.28. The average molecular weight is 290 g/mol. The van der Waals surface area contributed by atoms with Crippen LogP contribution in [-0.2, 0) is 9.53 Å². The van der Waals surface area contributed by atoms with Crippen LogP contribution in [0.5, 0.6) is 0 Å². The molecule has 1 saturated carbocycles. The first kappa shape index (κ1) is 13.4. The summed E-state index contributed by atoms with van der Waals surface area (Å²) in [6.45, 7) is 0. The quantitative estimate of drug-likeness (QED) is 0.604. The van der Waals surface area contributed by atoms with Gasteiger partial charge in [0.15, 0.2) is 5.70 Å². The Morgan fingerprint density at radius 3 is 2.55 bits per heavy atom. The molecule has 0 radical (unpaired) electrons. The lowest BCUT2D eigenvalue weighted by molar-refractivity contribution is -0.130. The van der Waals surface area contributed by atoms with E-state index in [0.717, 1.165) is 18.4 Å². The highest BCUT2D eigenvalue weighted by Crippen LogP contribution is 2.29. The van der Waals surface area contributed by atoms with Gasteiger partial charge in [-0.15, -0.1) is 0 Å². The summed E-state index contributed by atoms with van der Waals surface area (Å²) in [4.78, 5) is 16.3. The molecule has 20 heavy (non-hydrogen) atoms. The molecular formula is C16H16ClNO2. The first-order valence-corrected chi connectivity index (χ1v) is 7.38. The maximum atomic E-state index is 11.9. The fourth-order valence-electron chi connectivity index (χ4n) is 2.67. The summed E-state index contributed by atoms with van der Waals surface area (Å²) in [7, 11) is 0. The van der Waals surface area contributed by atoms with E-state index >= 15 is 0 Å². The Morgan fingerprint density at radius 2 is 1.85 bits per heavy atom. The van der Waals surface area contributed by atoms with Crippen LogP contribution in [0, 0.1) is 5.92 Å². The Hall–Kier alpha value is -1.61. The minimum Gasteiger partial charge on any atom is -0.406 e. The molecule has 1 heterocycles. The molecule has 0 unspecified atom stereocenters. The molecule has 4 heteroatoms. The number of hydrogen-bond donors (Lipinski definition) is 0. The highest BCUT2D eigenvalue weighted by Gasteiger charge is 2.29. The van der Waals surface area contributed by atoms with Crippen molar-refractivity contribution in [1.29, 1.82) is 0 Å². The van der Waals surface area contributed by atoms with Crippen LogP contribution in [0.15, 0.2) is 35.0 Å². The number of esters is 1. The molecule has 0 atom stereocenters. The molecule has 0 N–H and O–H groups in total. The van der Waals surface area contributed by atoms with Crippen LogP contribution in [0.1, 0.15) is 37.7 Å². The average Bonchev–Trinajstić information content (AvgIpc) is 2.84. The third-order valence-electron chi connectivity index (χ3n) is 3.76. The van der Waals surface area contributed by atoms with E-state index in [1.54, 1.807) is 18.2 Å². The van der Waals surface area contributed by atoms with Crippen molar-refractivity contribution in [1.82, 2.24) is 0 Å². The zero-order valence-electron chi connectivity index (χ0n) is 11.1. The summed E-state index contributed by atoms with van der Waals surface area (Å²) in [6.07, 6.45) is 7.54. The number of benzene rings is 1. The van der Waals surface area contributed by atoms with Crippen molar-refractivity contribution in [2.24, 2.45) is 10.9 Å². The van der Waals surface area contributed by atoms with Gasteiger partial charge in [-0.05, 0) is 36.6 Å². The standard InChI is InChI=1S/C16H16ClNO2/c17-13-8-6-11(7-9-13)10-14-16(19)20-15(18-14)12-4-2-1-3-5-12/h6-10,12H,1-5H2/b14-10+. The first-order chi connectivity index (χ1) is 9.72. The molecule has 1 aromatic carbocycles. The molecule has 3 rings (SSSR count). The van der Waals surface area contributed by atoms with Gasteiger partial charge >= 0.3 is 5.97 Å². The highest BCUT2D eigenvalue weighted by atomic mass is 35.5. The maximum absolute atomic E-state index is 11.9. The Bertz CT molecular complexity index is 569. The van der Waals surface area contributed by atoms with Gasteiger partial charge in [-0.2, -0.15) is 0 Å². The maximum Gasteiger partial charge on any atom is 0.363 e. The number of carbonyl (C=O) groups is 1. The largest absolute Gasteiger partial charge is 0.406 e. The zero-order valence-corrected chi connectivity index (χ0v) is 11.9. The van der Waals surface area contributed by atoms with Crippen LogP contribution in [0.25, 0.3) is 6.08 Å². The number of halogens is 1. The number of rotatable bonds is 2. The van der Waals surface area contributed by atoms with Crippen molar-refractivity contribution >= 4 is 29.5 Å². The molecule has 1 fully saturated rings. The Morgan fingerprint density at radius 1 is 1.15 bits per heavy atom. The molecule has 2 aliphatic rings. The number of aliphatic imine (C=N–C) groups is 1. The van der Waals surface area contributed by atoms with Crippen LogP contribution in [0.2, 0.25) is 5.02 Å². The molecule has 104 valence electrons. The van der Waals surface area contributed by atoms with E-state index in [2.05, 4.69) is 4.99 Å². The van der Waals surface area contributed by atoms with Crippen molar-refractivity contribution < 1.29 is 9.53 Å². The predicted molar refractivity (Wildman–Crippen MR) is 79.5 cm³/mol. The van der Waals surface area contributed by atoms with Crippen molar-refractivity contribution in [2.75, 3.05) is 0 Å². The smallest absolute Gasteiger partial charge is 0.363 e. The van der Waals surface area contributed by atoms with Gasteiger partial charge in [0.1, 0.15) is 0 Å². The summed E-state index contributed by atoms with van der Waals surface area (Å²) in [5.74, 6) is 0.569. The molecule has 0 saturated heterocycles. The van der Waals surface area contributed by atoms with Crippen LogP contribution in [0.3, 0.4) is 0 Å². The van der Waals surface area contributed by atoms with Gasteiger partial charge in [0.25, 0.3) is 0 Å². The van der Waals surface area contributed by atoms with Crippen LogP contribution >= 0.6 is 11.6 Å². The lowest BCUT2D eigenvalue weighted by Crippen LogP contribution is -2.19. The van der Waals surface area contributed by atoms with Crippen LogP contribution in [0.4, 0.5) is 0 Å². The number of cyclic esters (lactones) is 1. The van der Waals surface area contributed by atoms with Crippen molar-refractivity contribution in [3.05, 3.63) is 40.5 Å². The van der Waals surface area contributed by atoms with Crippen molar-refractivity contribution in [3.8, 4) is 0 Å². The Kier molecular flexibility index (Phi) is 3.88. The van der Waals surface area contributed by atoms with Gasteiger partial charge < -0.3 is 4.74 Å². The highest BCUT2D eigenvalue weighted by molar-refractivity contribution is 6.30. The van der Waals surface area contributed by atoms with E-state index in [-0.39, 0.29) is 5.97 Å². The predicted octanol–water partition coefficient (Wildman–Crippen LogP) is 4.22.